The number of aryl methyl sites for hydroxylation is 1. The van der Waals surface area contributed by atoms with Crippen molar-refractivity contribution in [1.29, 1.82) is 0 Å². The molecule has 0 aliphatic heterocycles. The number of nitrogens with zero attached hydrogens (tertiary/aromatic N) is 3. The highest BCUT2D eigenvalue weighted by Gasteiger charge is 2.11. The highest BCUT2D eigenvalue weighted by atomic mass is 16.6. The molecule has 114 valence electrons. The number of carbonyl (C=O) groups excluding carboxylic acids is 1. The van der Waals surface area contributed by atoms with Gasteiger partial charge < -0.3 is 15.3 Å². The zero-order valence-corrected chi connectivity index (χ0v) is 12.5. The quantitative estimate of drug-likeness (QED) is 0.517. The van der Waals surface area contributed by atoms with Crippen LogP contribution in [0, 0.1) is 6.92 Å². The molecule has 2 rings (SSSR count). The van der Waals surface area contributed by atoms with Crippen molar-refractivity contribution in [2.45, 2.75) is 13.8 Å². The molecule has 0 unspecified atom stereocenters. The minimum Gasteiger partial charge on any atom is -0.438 e. The molecule has 2 N–H and O–H groups in total. The van der Waals surface area contributed by atoms with E-state index in [0.29, 0.717) is 16.9 Å². The van der Waals surface area contributed by atoms with Gasteiger partial charge >= 0.3 is 0 Å². The number of hydrogen-bond acceptors (Lipinski definition) is 7. The van der Waals surface area contributed by atoms with E-state index in [9.17, 15) is 4.79 Å². The third-order valence-corrected chi connectivity index (χ3v) is 2.96. The van der Waals surface area contributed by atoms with E-state index in [1.54, 1.807) is 18.2 Å². The molecule has 0 saturated heterocycles. The molecule has 7 heteroatoms. The molecule has 1 aromatic carbocycles. The van der Waals surface area contributed by atoms with E-state index in [1.807, 2.05) is 6.92 Å². The standard InChI is InChI=1S/C15H16N4O3/c1-9-6-11(4-5-12(9)10(2)20)22-15-13(7-19-21-3)14(16)17-8-18-15/h4-8H,1-3H3,(H2,16,17,18). The number of hydrogen-bond donors (Lipinski definition) is 1. The maximum absolute atomic E-state index is 11.4. The van der Waals surface area contributed by atoms with E-state index in [-0.39, 0.29) is 17.5 Å². The van der Waals surface area contributed by atoms with Gasteiger partial charge in [-0.1, -0.05) is 5.16 Å². The van der Waals surface area contributed by atoms with E-state index in [4.69, 9.17) is 10.5 Å². The zero-order valence-electron chi connectivity index (χ0n) is 12.5. The van der Waals surface area contributed by atoms with Gasteiger partial charge in [-0.2, -0.15) is 0 Å². The van der Waals surface area contributed by atoms with Crippen molar-refractivity contribution >= 4 is 17.8 Å². The Morgan fingerprint density at radius 1 is 1.36 bits per heavy atom. The molecule has 0 atom stereocenters. The lowest BCUT2D eigenvalue weighted by atomic mass is 10.1. The van der Waals surface area contributed by atoms with Gasteiger partial charge in [-0.25, -0.2) is 9.97 Å². The Hall–Kier alpha value is -2.96. The van der Waals surface area contributed by atoms with Gasteiger partial charge in [-0.15, -0.1) is 0 Å². The average Bonchev–Trinajstić information content (AvgIpc) is 2.46. The van der Waals surface area contributed by atoms with Crippen LogP contribution in [0.4, 0.5) is 5.82 Å². The first kappa shape index (κ1) is 15.4. The first-order valence-corrected chi connectivity index (χ1v) is 6.49. The lowest BCUT2D eigenvalue weighted by molar-refractivity contribution is 0.101. The van der Waals surface area contributed by atoms with Gasteiger partial charge in [0.2, 0.25) is 5.88 Å². The number of carbonyl (C=O) groups is 1. The van der Waals surface area contributed by atoms with Gasteiger partial charge in [0, 0.05) is 5.56 Å². The van der Waals surface area contributed by atoms with Crippen LogP contribution in [0.2, 0.25) is 0 Å². The average molecular weight is 300 g/mol. The second-order valence-corrected chi connectivity index (χ2v) is 4.53. The number of anilines is 1. The fourth-order valence-corrected chi connectivity index (χ4v) is 1.91. The summed E-state index contributed by atoms with van der Waals surface area (Å²) in [5.41, 5.74) is 7.67. The normalized spacial score (nSPS) is 10.7. The lowest BCUT2D eigenvalue weighted by Gasteiger charge is -2.10. The van der Waals surface area contributed by atoms with Gasteiger partial charge in [0.25, 0.3) is 0 Å². The predicted octanol–water partition coefficient (Wildman–Crippen LogP) is 2.34. The number of aromatic nitrogens is 2. The molecule has 0 spiro atoms. The maximum atomic E-state index is 11.4. The van der Waals surface area contributed by atoms with Crippen LogP contribution in [0.5, 0.6) is 11.6 Å². The van der Waals surface area contributed by atoms with Crippen LogP contribution >= 0.6 is 0 Å². The fraction of sp³-hybridized carbons (Fsp3) is 0.200. The predicted molar refractivity (Wildman–Crippen MR) is 82.3 cm³/mol. The highest BCUT2D eigenvalue weighted by Crippen LogP contribution is 2.26. The fourth-order valence-electron chi connectivity index (χ4n) is 1.91. The molecule has 1 heterocycles. The molecule has 2 aromatic rings. The Labute approximate surface area is 127 Å². The van der Waals surface area contributed by atoms with Gasteiger partial charge in [-0.05, 0) is 37.6 Å². The first-order valence-electron chi connectivity index (χ1n) is 6.49. The summed E-state index contributed by atoms with van der Waals surface area (Å²) in [4.78, 5) is 24.0. The summed E-state index contributed by atoms with van der Waals surface area (Å²) < 4.78 is 5.71. The summed E-state index contributed by atoms with van der Waals surface area (Å²) >= 11 is 0. The Morgan fingerprint density at radius 3 is 2.77 bits per heavy atom. The molecule has 0 fully saturated rings. The van der Waals surface area contributed by atoms with Crippen LogP contribution in [-0.4, -0.2) is 29.1 Å². The molecule has 0 aliphatic carbocycles. The summed E-state index contributed by atoms with van der Waals surface area (Å²) in [5, 5.41) is 3.65. The van der Waals surface area contributed by atoms with Gasteiger partial charge in [0.1, 0.15) is 30.6 Å². The third kappa shape index (κ3) is 3.38. The van der Waals surface area contributed by atoms with E-state index in [2.05, 4.69) is 20.0 Å². The van der Waals surface area contributed by atoms with Crippen molar-refractivity contribution in [3.8, 4) is 11.6 Å². The number of nitrogen functional groups attached to an aromatic ring is 1. The van der Waals surface area contributed by atoms with Crippen LogP contribution < -0.4 is 10.5 Å². The number of Topliss-reactive ketones (excluding diaryl/α,β-unsaturated/α-hetero) is 1. The second-order valence-electron chi connectivity index (χ2n) is 4.53. The Kier molecular flexibility index (Phi) is 4.67. The molecule has 0 aliphatic rings. The van der Waals surface area contributed by atoms with Crippen molar-refractivity contribution in [1.82, 2.24) is 9.97 Å². The molecule has 0 amide bonds. The zero-order chi connectivity index (χ0) is 16.1. The van der Waals surface area contributed by atoms with Gasteiger partial charge in [0.15, 0.2) is 5.78 Å². The summed E-state index contributed by atoms with van der Waals surface area (Å²) in [5.74, 6) is 1.02. The lowest BCUT2D eigenvalue weighted by Crippen LogP contribution is -2.03. The number of ketones is 1. The van der Waals surface area contributed by atoms with Crippen LogP contribution in [0.25, 0.3) is 0 Å². The largest absolute Gasteiger partial charge is 0.438 e. The van der Waals surface area contributed by atoms with E-state index in [1.165, 1.54) is 26.6 Å². The topological polar surface area (TPSA) is 99.7 Å². The molecule has 22 heavy (non-hydrogen) atoms. The minimum absolute atomic E-state index is 0.00301. The smallest absolute Gasteiger partial charge is 0.233 e. The van der Waals surface area contributed by atoms with Crippen LogP contribution in [0.3, 0.4) is 0 Å². The van der Waals surface area contributed by atoms with Crippen molar-refractivity contribution < 1.29 is 14.4 Å². The Balaban J connectivity index is 2.35. The Morgan fingerprint density at radius 2 is 2.14 bits per heavy atom. The number of nitrogens with two attached hydrogens (primary N) is 1. The SMILES string of the molecule is CON=Cc1c(N)ncnc1Oc1ccc(C(C)=O)c(C)c1. The third-order valence-electron chi connectivity index (χ3n) is 2.96. The molecular weight excluding hydrogens is 284 g/mol. The first-order chi connectivity index (χ1) is 10.5. The van der Waals surface area contributed by atoms with Crippen molar-refractivity contribution in [3.05, 3.63) is 41.2 Å². The van der Waals surface area contributed by atoms with Gasteiger partial charge in [0.05, 0.1) is 6.21 Å². The van der Waals surface area contributed by atoms with Gasteiger partial charge in [-0.3, -0.25) is 4.79 Å². The number of ether oxygens (including phenoxy) is 1. The molecular formula is C15H16N4O3. The molecule has 0 bridgehead atoms. The van der Waals surface area contributed by atoms with Crippen LogP contribution in [0.15, 0.2) is 29.7 Å². The summed E-state index contributed by atoms with van der Waals surface area (Å²) in [6.07, 6.45) is 2.67. The van der Waals surface area contributed by atoms with Crippen molar-refractivity contribution in [2.75, 3.05) is 12.8 Å². The molecule has 0 saturated carbocycles. The Bertz CT molecular complexity index is 729. The van der Waals surface area contributed by atoms with Crippen molar-refractivity contribution in [2.24, 2.45) is 5.16 Å². The monoisotopic (exact) mass is 300 g/mol. The summed E-state index contributed by atoms with van der Waals surface area (Å²) in [7, 11) is 1.42. The van der Waals surface area contributed by atoms with Crippen LogP contribution in [-0.2, 0) is 4.84 Å². The van der Waals surface area contributed by atoms with E-state index >= 15 is 0 Å². The molecule has 0 radical (unpaired) electrons. The van der Waals surface area contributed by atoms with Crippen LogP contribution in [0.1, 0.15) is 28.4 Å². The van der Waals surface area contributed by atoms with Crippen molar-refractivity contribution in [3.63, 3.8) is 0 Å². The highest BCUT2D eigenvalue weighted by molar-refractivity contribution is 5.95. The number of benzene rings is 1. The van der Waals surface area contributed by atoms with E-state index in [0.717, 1.165) is 5.56 Å². The minimum atomic E-state index is 0.00301. The number of rotatable bonds is 5. The summed E-state index contributed by atoms with van der Waals surface area (Å²) in [6.45, 7) is 3.36. The maximum Gasteiger partial charge on any atom is 0.233 e. The summed E-state index contributed by atoms with van der Waals surface area (Å²) in [6, 6.07) is 5.16. The van der Waals surface area contributed by atoms with E-state index < -0.39 is 0 Å². The second kappa shape index (κ2) is 6.66. The molecule has 1 aromatic heterocycles. The molecule has 7 nitrogen and oxygen atoms in total. The number of oxime groups is 1.